The molecule has 2 aromatic rings. The maximum atomic E-state index is 11.9. The van der Waals surface area contributed by atoms with E-state index in [0.717, 1.165) is 16.0 Å². The van der Waals surface area contributed by atoms with E-state index in [-0.39, 0.29) is 12.5 Å². The maximum absolute atomic E-state index is 11.9. The SMILES string of the molecule is Cc1cccc(NC(=O)CNC(=O)C(=O)NCc2cccs2)c1C. The zero-order valence-electron chi connectivity index (χ0n) is 13.5. The van der Waals surface area contributed by atoms with Gasteiger partial charge in [0.2, 0.25) is 5.91 Å². The number of hydrogen-bond acceptors (Lipinski definition) is 4. The van der Waals surface area contributed by atoms with E-state index in [4.69, 9.17) is 0 Å². The van der Waals surface area contributed by atoms with Crippen molar-refractivity contribution in [2.24, 2.45) is 0 Å². The average molecular weight is 345 g/mol. The summed E-state index contributed by atoms with van der Waals surface area (Å²) in [5.41, 5.74) is 2.71. The molecule has 24 heavy (non-hydrogen) atoms. The van der Waals surface area contributed by atoms with E-state index < -0.39 is 11.8 Å². The molecule has 2 rings (SSSR count). The van der Waals surface area contributed by atoms with Crippen LogP contribution in [0.15, 0.2) is 35.7 Å². The predicted octanol–water partition coefficient (Wildman–Crippen LogP) is 1.74. The van der Waals surface area contributed by atoms with Crippen molar-refractivity contribution in [2.45, 2.75) is 20.4 Å². The second-order valence-corrected chi connectivity index (χ2v) is 6.27. The third kappa shape index (κ3) is 4.92. The summed E-state index contributed by atoms with van der Waals surface area (Å²) in [6.45, 7) is 3.88. The van der Waals surface area contributed by atoms with Crippen LogP contribution in [0.3, 0.4) is 0 Å². The van der Waals surface area contributed by atoms with Gasteiger partial charge in [0.15, 0.2) is 0 Å². The lowest BCUT2D eigenvalue weighted by molar-refractivity contribution is -0.139. The van der Waals surface area contributed by atoms with E-state index in [1.807, 2.05) is 43.5 Å². The monoisotopic (exact) mass is 345 g/mol. The first-order chi connectivity index (χ1) is 11.5. The van der Waals surface area contributed by atoms with Gasteiger partial charge in [0.05, 0.1) is 13.1 Å². The maximum Gasteiger partial charge on any atom is 0.309 e. The zero-order chi connectivity index (χ0) is 17.5. The molecule has 0 bridgehead atoms. The normalized spacial score (nSPS) is 10.1. The fourth-order valence-corrected chi connectivity index (χ4v) is 2.63. The molecular weight excluding hydrogens is 326 g/mol. The van der Waals surface area contributed by atoms with Crippen LogP contribution >= 0.6 is 11.3 Å². The summed E-state index contributed by atoms with van der Waals surface area (Å²) in [5, 5.41) is 9.41. The van der Waals surface area contributed by atoms with Crippen LogP contribution in [0.5, 0.6) is 0 Å². The third-order valence-electron chi connectivity index (χ3n) is 3.50. The molecule has 0 atom stereocenters. The highest BCUT2D eigenvalue weighted by Crippen LogP contribution is 2.17. The Morgan fingerprint density at radius 3 is 2.46 bits per heavy atom. The molecule has 126 valence electrons. The highest BCUT2D eigenvalue weighted by molar-refractivity contribution is 7.09. The van der Waals surface area contributed by atoms with Gasteiger partial charge < -0.3 is 16.0 Å². The molecule has 6 nitrogen and oxygen atoms in total. The quantitative estimate of drug-likeness (QED) is 0.721. The molecule has 0 aliphatic carbocycles. The molecule has 0 saturated heterocycles. The molecular formula is C17H19N3O3S. The molecule has 1 aromatic carbocycles. The van der Waals surface area contributed by atoms with Crippen molar-refractivity contribution < 1.29 is 14.4 Å². The van der Waals surface area contributed by atoms with Crippen LogP contribution in [-0.2, 0) is 20.9 Å². The topological polar surface area (TPSA) is 87.3 Å². The van der Waals surface area contributed by atoms with E-state index in [2.05, 4.69) is 16.0 Å². The lowest BCUT2D eigenvalue weighted by atomic mass is 10.1. The Bertz CT molecular complexity index is 742. The van der Waals surface area contributed by atoms with Crippen molar-refractivity contribution in [1.29, 1.82) is 0 Å². The van der Waals surface area contributed by atoms with Gasteiger partial charge in [-0.05, 0) is 42.5 Å². The summed E-state index contributed by atoms with van der Waals surface area (Å²) in [5.74, 6) is -1.98. The van der Waals surface area contributed by atoms with Gasteiger partial charge in [-0.15, -0.1) is 11.3 Å². The molecule has 1 heterocycles. The summed E-state index contributed by atoms with van der Waals surface area (Å²) in [4.78, 5) is 36.2. The lowest BCUT2D eigenvalue weighted by Gasteiger charge is -2.11. The van der Waals surface area contributed by atoms with E-state index in [1.165, 1.54) is 11.3 Å². The Kier molecular flexibility index (Phi) is 6.08. The van der Waals surface area contributed by atoms with Gasteiger partial charge in [-0.1, -0.05) is 18.2 Å². The predicted molar refractivity (Wildman–Crippen MR) is 93.7 cm³/mol. The number of thiophene rings is 1. The van der Waals surface area contributed by atoms with Gasteiger partial charge in [-0.2, -0.15) is 0 Å². The fraction of sp³-hybridized carbons (Fsp3) is 0.235. The molecule has 0 fully saturated rings. The van der Waals surface area contributed by atoms with Gasteiger partial charge in [-0.3, -0.25) is 14.4 Å². The molecule has 0 saturated carbocycles. The molecule has 0 unspecified atom stereocenters. The third-order valence-corrected chi connectivity index (χ3v) is 4.37. The number of aryl methyl sites for hydroxylation is 1. The smallest absolute Gasteiger partial charge is 0.309 e. The van der Waals surface area contributed by atoms with E-state index >= 15 is 0 Å². The Hall–Kier alpha value is -2.67. The molecule has 0 aliphatic heterocycles. The number of hydrogen-bond donors (Lipinski definition) is 3. The highest BCUT2D eigenvalue weighted by Gasteiger charge is 2.14. The Labute approximate surface area is 144 Å². The first-order valence-electron chi connectivity index (χ1n) is 7.42. The molecule has 3 amide bonds. The Balaban J connectivity index is 1.77. The number of nitrogens with one attached hydrogen (secondary N) is 3. The first kappa shape index (κ1) is 17.7. The largest absolute Gasteiger partial charge is 0.343 e. The van der Waals surface area contributed by atoms with Crippen molar-refractivity contribution in [2.75, 3.05) is 11.9 Å². The van der Waals surface area contributed by atoms with Gasteiger partial charge in [0.25, 0.3) is 0 Å². The van der Waals surface area contributed by atoms with Gasteiger partial charge in [-0.25, -0.2) is 0 Å². The molecule has 0 spiro atoms. The molecule has 1 aromatic heterocycles. The van der Waals surface area contributed by atoms with E-state index in [1.54, 1.807) is 6.07 Å². The van der Waals surface area contributed by atoms with Crippen LogP contribution in [0.25, 0.3) is 0 Å². The van der Waals surface area contributed by atoms with Crippen molar-refractivity contribution in [3.8, 4) is 0 Å². The fourth-order valence-electron chi connectivity index (χ4n) is 1.98. The van der Waals surface area contributed by atoms with Crippen LogP contribution < -0.4 is 16.0 Å². The average Bonchev–Trinajstić information content (AvgIpc) is 3.08. The summed E-state index contributed by atoms with van der Waals surface area (Å²) in [6.07, 6.45) is 0. The van der Waals surface area contributed by atoms with Crippen LogP contribution in [0.2, 0.25) is 0 Å². The Morgan fingerprint density at radius 2 is 1.75 bits per heavy atom. The van der Waals surface area contributed by atoms with Gasteiger partial charge >= 0.3 is 11.8 Å². The number of benzene rings is 1. The molecule has 3 N–H and O–H groups in total. The number of carbonyl (C=O) groups is 3. The van der Waals surface area contributed by atoms with Crippen molar-refractivity contribution in [3.63, 3.8) is 0 Å². The van der Waals surface area contributed by atoms with Crippen molar-refractivity contribution >= 4 is 34.7 Å². The summed E-state index contributed by atoms with van der Waals surface area (Å²) >= 11 is 1.49. The minimum Gasteiger partial charge on any atom is -0.343 e. The number of rotatable bonds is 5. The minimum atomic E-state index is -0.831. The van der Waals surface area contributed by atoms with Crippen molar-refractivity contribution in [1.82, 2.24) is 10.6 Å². The molecule has 0 aliphatic rings. The number of carbonyl (C=O) groups excluding carboxylic acids is 3. The van der Waals surface area contributed by atoms with E-state index in [9.17, 15) is 14.4 Å². The van der Waals surface area contributed by atoms with Crippen LogP contribution in [0.1, 0.15) is 16.0 Å². The molecule has 0 radical (unpaired) electrons. The van der Waals surface area contributed by atoms with Crippen LogP contribution in [-0.4, -0.2) is 24.3 Å². The summed E-state index contributed by atoms with van der Waals surface area (Å²) in [7, 11) is 0. The molecule has 7 heteroatoms. The second kappa shape index (κ2) is 8.26. The van der Waals surface area contributed by atoms with Crippen LogP contribution in [0, 0.1) is 13.8 Å². The highest BCUT2D eigenvalue weighted by atomic mass is 32.1. The lowest BCUT2D eigenvalue weighted by Crippen LogP contribution is -2.42. The minimum absolute atomic E-state index is 0.265. The summed E-state index contributed by atoms with van der Waals surface area (Å²) in [6, 6.07) is 9.30. The van der Waals surface area contributed by atoms with Crippen LogP contribution in [0.4, 0.5) is 5.69 Å². The zero-order valence-corrected chi connectivity index (χ0v) is 14.3. The Morgan fingerprint density at radius 1 is 1.00 bits per heavy atom. The van der Waals surface area contributed by atoms with Crippen molar-refractivity contribution in [3.05, 3.63) is 51.7 Å². The standard InChI is InChI=1S/C17H19N3O3S/c1-11-5-3-7-14(12(11)2)20-15(21)10-19-17(23)16(22)18-9-13-6-4-8-24-13/h3-8H,9-10H2,1-2H3,(H,18,22)(H,19,23)(H,20,21). The van der Waals surface area contributed by atoms with Gasteiger partial charge in [0.1, 0.15) is 0 Å². The number of amides is 3. The summed E-state index contributed by atoms with van der Waals surface area (Å²) < 4.78 is 0. The number of anilines is 1. The van der Waals surface area contributed by atoms with Gasteiger partial charge in [0, 0.05) is 10.6 Å². The van der Waals surface area contributed by atoms with E-state index in [0.29, 0.717) is 12.2 Å². The second-order valence-electron chi connectivity index (χ2n) is 5.24. The first-order valence-corrected chi connectivity index (χ1v) is 8.30.